The fourth-order valence-electron chi connectivity index (χ4n) is 4.65. The highest BCUT2D eigenvalue weighted by atomic mass is 32.2. The summed E-state index contributed by atoms with van der Waals surface area (Å²) in [5, 5.41) is 3.11. The summed E-state index contributed by atoms with van der Waals surface area (Å²) in [5.74, 6) is 1.46. The molecule has 1 aromatic heterocycles. The highest BCUT2D eigenvalue weighted by Gasteiger charge is 2.33. The zero-order valence-corrected chi connectivity index (χ0v) is 21.1. The van der Waals surface area contributed by atoms with Gasteiger partial charge in [-0.2, -0.15) is 4.31 Å². The molecule has 1 aromatic carbocycles. The van der Waals surface area contributed by atoms with E-state index in [1.807, 2.05) is 39.0 Å². The van der Waals surface area contributed by atoms with Crippen LogP contribution in [0, 0.1) is 26.7 Å². The first-order valence-electron chi connectivity index (χ1n) is 12.0. The fraction of sp³-hybridized carbons (Fsp3) is 0.560. The summed E-state index contributed by atoms with van der Waals surface area (Å²) in [7, 11) is -3.55. The molecular formula is C25H35N3O5S. The van der Waals surface area contributed by atoms with E-state index in [1.165, 1.54) is 4.31 Å². The summed E-state index contributed by atoms with van der Waals surface area (Å²) in [4.78, 5) is 15.6. The molecule has 1 N–H and O–H groups in total. The van der Waals surface area contributed by atoms with Crippen molar-refractivity contribution in [2.75, 3.05) is 45.9 Å². The molecule has 0 saturated carbocycles. The number of ether oxygens (including phenoxy) is 1. The first-order valence-corrected chi connectivity index (χ1v) is 13.4. The van der Waals surface area contributed by atoms with Gasteiger partial charge < -0.3 is 14.5 Å². The van der Waals surface area contributed by atoms with Gasteiger partial charge in [-0.3, -0.25) is 9.69 Å². The predicted octanol–water partition coefficient (Wildman–Crippen LogP) is 2.80. The number of carbonyl (C=O) groups is 1. The quantitative estimate of drug-likeness (QED) is 0.643. The average molecular weight is 490 g/mol. The zero-order valence-electron chi connectivity index (χ0n) is 20.2. The van der Waals surface area contributed by atoms with Gasteiger partial charge in [0.2, 0.25) is 15.9 Å². The number of furan rings is 1. The maximum absolute atomic E-state index is 13.1. The standard InChI is InChI=1S/C25H35N3O5S/c1-18-4-6-22(16-19(18)2)34(30,31)28-10-8-21(9-11-28)25(29)26-17-23(24-7-5-20(3)33-24)27-12-14-32-15-13-27/h4-7,16,21,23H,8-15,17H2,1-3H3,(H,26,29)/t23-/m1/s1. The number of morpholine rings is 1. The molecule has 3 heterocycles. The minimum atomic E-state index is -3.55. The largest absolute Gasteiger partial charge is 0.465 e. The lowest BCUT2D eigenvalue weighted by molar-refractivity contribution is -0.126. The minimum Gasteiger partial charge on any atom is -0.465 e. The van der Waals surface area contributed by atoms with Gasteiger partial charge in [0.05, 0.1) is 24.2 Å². The molecule has 34 heavy (non-hydrogen) atoms. The normalized spacial score (nSPS) is 19.7. The highest BCUT2D eigenvalue weighted by molar-refractivity contribution is 7.89. The van der Waals surface area contributed by atoms with Crippen molar-refractivity contribution in [3.63, 3.8) is 0 Å². The molecule has 9 heteroatoms. The Kier molecular flexibility index (Phi) is 7.77. The van der Waals surface area contributed by atoms with E-state index in [-0.39, 0.29) is 17.9 Å². The first-order chi connectivity index (χ1) is 16.3. The van der Waals surface area contributed by atoms with Crippen molar-refractivity contribution in [2.45, 2.75) is 44.6 Å². The number of sulfonamides is 1. The number of nitrogens with one attached hydrogen (secondary N) is 1. The van der Waals surface area contributed by atoms with Crippen LogP contribution in [0.25, 0.3) is 0 Å². The summed E-state index contributed by atoms with van der Waals surface area (Å²) in [6, 6.07) is 9.10. The molecule has 0 bridgehead atoms. The molecule has 1 amide bonds. The minimum absolute atomic E-state index is 0.0234. The number of carbonyl (C=O) groups excluding carboxylic acids is 1. The number of hydrogen-bond donors (Lipinski definition) is 1. The molecule has 2 fully saturated rings. The molecule has 2 aliphatic heterocycles. The lowest BCUT2D eigenvalue weighted by Gasteiger charge is -2.34. The van der Waals surface area contributed by atoms with Crippen LogP contribution in [0.4, 0.5) is 0 Å². The number of rotatable bonds is 7. The summed E-state index contributed by atoms with van der Waals surface area (Å²) in [6.07, 6.45) is 1.02. The maximum atomic E-state index is 13.1. The van der Waals surface area contributed by atoms with Crippen molar-refractivity contribution in [3.8, 4) is 0 Å². The number of piperidine rings is 1. The lowest BCUT2D eigenvalue weighted by Crippen LogP contribution is -2.46. The van der Waals surface area contributed by atoms with Gasteiger partial charge in [-0.25, -0.2) is 8.42 Å². The molecule has 2 aromatic rings. The SMILES string of the molecule is Cc1ccc([C@@H](CNC(=O)C2CCN(S(=O)(=O)c3ccc(C)c(C)c3)CC2)N2CCOCC2)o1. The number of aryl methyl sites for hydroxylation is 3. The van der Waals surface area contributed by atoms with E-state index in [0.717, 1.165) is 35.7 Å². The van der Waals surface area contributed by atoms with E-state index in [2.05, 4.69) is 10.2 Å². The topological polar surface area (TPSA) is 92.1 Å². The molecule has 2 saturated heterocycles. The van der Waals surface area contributed by atoms with Crippen LogP contribution in [-0.4, -0.2) is 69.5 Å². The maximum Gasteiger partial charge on any atom is 0.243 e. The van der Waals surface area contributed by atoms with Crippen LogP contribution >= 0.6 is 0 Å². The number of hydrogen-bond acceptors (Lipinski definition) is 6. The van der Waals surface area contributed by atoms with E-state index >= 15 is 0 Å². The molecule has 0 unspecified atom stereocenters. The first kappa shape index (κ1) is 24.9. The molecule has 4 rings (SSSR count). The third-order valence-electron chi connectivity index (χ3n) is 6.99. The van der Waals surface area contributed by atoms with Gasteiger partial charge in [-0.05, 0) is 69.0 Å². The Balaban J connectivity index is 1.35. The summed E-state index contributed by atoms with van der Waals surface area (Å²) in [6.45, 7) is 9.84. The molecule has 1 atom stereocenters. The molecule has 0 radical (unpaired) electrons. The molecular weight excluding hydrogens is 454 g/mol. The van der Waals surface area contributed by atoms with Crippen molar-refractivity contribution in [2.24, 2.45) is 5.92 Å². The van der Waals surface area contributed by atoms with Crippen LogP contribution in [-0.2, 0) is 19.6 Å². The van der Waals surface area contributed by atoms with Gasteiger partial charge in [-0.15, -0.1) is 0 Å². The Hall–Kier alpha value is -2.20. The van der Waals surface area contributed by atoms with Crippen molar-refractivity contribution < 1.29 is 22.4 Å². The molecule has 0 aliphatic carbocycles. The van der Waals surface area contributed by atoms with Gasteiger partial charge in [0, 0.05) is 38.6 Å². The van der Waals surface area contributed by atoms with Gasteiger partial charge in [-0.1, -0.05) is 6.07 Å². The fourth-order valence-corrected chi connectivity index (χ4v) is 6.21. The Morgan fingerprint density at radius 1 is 1.03 bits per heavy atom. The van der Waals surface area contributed by atoms with Crippen LogP contribution in [0.2, 0.25) is 0 Å². The Morgan fingerprint density at radius 3 is 2.35 bits per heavy atom. The van der Waals surface area contributed by atoms with E-state index in [9.17, 15) is 13.2 Å². The van der Waals surface area contributed by atoms with Crippen molar-refractivity contribution in [1.82, 2.24) is 14.5 Å². The summed E-state index contributed by atoms with van der Waals surface area (Å²) >= 11 is 0. The van der Waals surface area contributed by atoms with Gasteiger partial charge >= 0.3 is 0 Å². The second kappa shape index (κ2) is 10.6. The second-order valence-corrected chi connectivity index (χ2v) is 11.2. The second-order valence-electron chi connectivity index (χ2n) is 9.28. The van der Waals surface area contributed by atoms with E-state index in [1.54, 1.807) is 12.1 Å². The Bertz CT molecular complexity index is 1100. The Labute approximate surface area is 202 Å². The third-order valence-corrected chi connectivity index (χ3v) is 8.88. The molecule has 2 aliphatic rings. The van der Waals surface area contributed by atoms with Gasteiger partial charge in [0.15, 0.2) is 0 Å². The van der Waals surface area contributed by atoms with E-state index in [4.69, 9.17) is 9.15 Å². The monoisotopic (exact) mass is 489 g/mol. The molecule has 186 valence electrons. The van der Waals surface area contributed by atoms with Crippen molar-refractivity contribution in [1.29, 1.82) is 0 Å². The Morgan fingerprint density at radius 2 is 1.74 bits per heavy atom. The number of nitrogens with zero attached hydrogens (tertiary/aromatic N) is 2. The van der Waals surface area contributed by atoms with Crippen LogP contribution in [0.15, 0.2) is 39.6 Å². The van der Waals surface area contributed by atoms with Crippen molar-refractivity contribution in [3.05, 3.63) is 53.0 Å². The van der Waals surface area contributed by atoms with Crippen LogP contribution in [0.3, 0.4) is 0 Å². The highest BCUT2D eigenvalue weighted by Crippen LogP contribution is 2.27. The van der Waals surface area contributed by atoms with Gasteiger partial charge in [0.1, 0.15) is 11.5 Å². The molecule has 0 spiro atoms. The van der Waals surface area contributed by atoms with Crippen LogP contribution in [0.5, 0.6) is 0 Å². The smallest absolute Gasteiger partial charge is 0.243 e. The van der Waals surface area contributed by atoms with E-state index in [0.29, 0.717) is 50.6 Å². The molecule has 8 nitrogen and oxygen atoms in total. The lowest BCUT2D eigenvalue weighted by atomic mass is 9.97. The van der Waals surface area contributed by atoms with Crippen molar-refractivity contribution >= 4 is 15.9 Å². The zero-order chi connectivity index (χ0) is 24.3. The van der Waals surface area contributed by atoms with Gasteiger partial charge in [0.25, 0.3) is 0 Å². The summed E-state index contributed by atoms with van der Waals surface area (Å²) in [5.41, 5.74) is 2.02. The van der Waals surface area contributed by atoms with E-state index < -0.39 is 10.0 Å². The van der Waals surface area contributed by atoms with Crippen LogP contribution in [0.1, 0.15) is 41.5 Å². The number of amides is 1. The van der Waals surface area contributed by atoms with Crippen LogP contribution < -0.4 is 5.32 Å². The summed E-state index contributed by atoms with van der Waals surface area (Å²) < 4.78 is 39.0. The predicted molar refractivity (Wildman–Crippen MR) is 129 cm³/mol. The third kappa shape index (κ3) is 5.54. The average Bonchev–Trinajstić information content (AvgIpc) is 3.27. The number of benzene rings is 1.